The summed E-state index contributed by atoms with van der Waals surface area (Å²) in [5.74, 6) is 0.878. The van der Waals surface area contributed by atoms with E-state index in [-0.39, 0.29) is 12.5 Å². The zero-order chi connectivity index (χ0) is 22.7. The second-order valence-electron chi connectivity index (χ2n) is 7.19. The topological polar surface area (TPSA) is 74.9 Å². The first kappa shape index (κ1) is 21.4. The SMILES string of the molecule is COc1cc2c(cc1OC)N(Cc1ccc(Cl)cc1)C(=O)CN=C2c1cccc(C#N)c1. The van der Waals surface area contributed by atoms with Crippen molar-refractivity contribution in [1.82, 2.24) is 0 Å². The van der Waals surface area contributed by atoms with E-state index in [4.69, 9.17) is 21.1 Å². The van der Waals surface area contributed by atoms with Gasteiger partial charge in [-0.25, -0.2) is 0 Å². The smallest absolute Gasteiger partial charge is 0.248 e. The normalized spacial score (nSPS) is 13.0. The van der Waals surface area contributed by atoms with Gasteiger partial charge in [0.25, 0.3) is 0 Å². The number of nitriles is 1. The standard InChI is InChI=1S/C25H20ClN3O3/c1-31-22-11-20-21(12-23(22)32-2)29(15-16-6-8-19(26)9-7-16)24(30)14-28-25(20)18-5-3-4-17(10-18)13-27/h3-12H,14-15H2,1-2H3. The molecule has 160 valence electrons. The maximum atomic E-state index is 13.2. The summed E-state index contributed by atoms with van der Waals surface area (Å²) in [6.07, 6.45) is 0. The molecule has 0 aliphatic carbocycles. The number of halogens is 1. The van der Waals surface area contributed by atoms with Gasteiger partial charge in [0.15, 0.2) is 11.5 Å². The molecule has 7 heteroatoms. The lowest BCUT2D eigenvalue weighted by molar-refractivity contribution is -0.117. The summed E-state index contributed by atoms with van der Waals surface area (Å²) in [6, 6.07) is 20.3. The molecule has 3 aromatic carbocycles. The van der Waals surface area contributed by atoms with Gasteiger partial charge in [0, 0.05) is 22.2 Å². The first-order valence-corrected chi connectivity index (χ1v) is 10.3. The van der Waals surface area contributed by atoms with E-state index >= 15 is 0 Å². The number of aliphatic imine (C=N–C) groups is 1. The molecule has 0 bridgehead atoms. The maximum absolute atomic E-state index is 13.2. The van der Waals surface area contributed by atoms with E-state index in [9.17, 15) is 10.1 Å². The summed E-state index contributed by atoms with van der Waals surface area (Å²) in [7, 11) is 3.11. The van der Waals surface area contributed by atoms with Crippen molar-refractivity contribution in [2.24, 2.45) is 4.99 Å². The van der Waals surface area contributed by atoms with Gasteiger partial charge in [-0.15, -0.1) is 0 Å². The van der Waals surface area contributed by atoms with Crippen LogP contribution in [0.15, 0.2) is 65.7 Å². The van der Waals surface area contributed by atoms with Crippen LogP contribution in [0.5, 0.6) is 11.5 Å². The number of hydrogen-bond acceptors (Lipinski definition) is 5. The van der Waals surface area contributed by atoms with Crippen molar-refractivity contribution in [2.45, 2.75) is 6.54 Å². The van der Waals surface area contributed by atoms with Gasteiger partial charge < -0.3 is 14.4 Å². The fraction of sp³-hybridized carbons (Fsp3) is 0.160. The van der Waals surface area contributed by atoms with Crippen LogP contribution in [0, 0.1) is 11.3 Å². The largest absolute Gasteiger partial charge is 0.493 e. The van der Waals surface area contributed by atoms with E-state index < -0.39 is 0 Å². The maximum Gasteiger partial charge on any atom is 0.248 e. The number of carbonyl (C=O) groups is 1. The van der Waals surface area contributed by atoms with Crippen molar-refractivity contribution in [3.8, 4) is 17.6 Å². The highest BCUT2D eigenvalue weighted by Crippen LogP contribution is 2.38. The number of benzodiazepines with no additional fused rings is 1. The van der Waals surface area contributed by atoms with Crippen molar-refractivity contribution < 1.29 is 14.3 Å². The fourth-order valence-electron chi connectivity index (χ4n) is 3.66. The molecule has 0 spiro atoms. The average molecular weight is 446 g/mol. The van der Waals surface area contributed by atoms with Gasteiger partial charge >= 0.3 is 0 Å². The van der Waals surface area contributed by atoms with Crippen molar-refractivity contribution in [3.05, 3.63) is 87.9 Å². The molecule has 0 radical (unpaired) electrons. The summed E-state index contributed by atoms with van der Waals surface area (Å²) >= 11 is 6.02. The van der Waals surface area contributed by atoms with Gasteiger partial charge in [0.05, 0.1) is 43.8 Å². The van der Waals surface area contributed by atoms with Crippen molar-refractivity contribution in [1.29, 1.82) is 5.26 Å². The first-order chi connectivity index (χ1) is 15.5. The van der Waals surface area contributed by atoms with Crippen LogP contribution in [-0.2, 0) is 11.3 Å². The molecule has 4 rings (SSSR count). The molecule has 0 atom stereocenters. The van der Waals surface area contributed by atoms with Crippen LogP contribution in [0.25, 0.3) is 0 Å². The highest BCUT2D eigenvalue weighted by atomic mass is 35.5. The molecule has 1 aliphatic heterocycles. The summed E-state index contributed by atoms with van der Waals surface area (Å²) in [5, 5.41) is 9.96. The number of methoxy groups -OCH3 is 2. The molecular formula is C25H20ClN3O3. The minimum absolute atomic E-state index is 0.0288. The van der Waals surface area contributed by atoms with E-state index in [2.05, 4.69) is 11.1 Å². The van der Waals surface area contributed by atoms with Gasteiger partial charge in [0.2, 0.25) is 5.91 Å². The molecule has 0 unspecified atom stereocenters. The van der Waals surface area contributed by atoms with E-state index in [1.54, 1.807) is 55.5 Å². The number of fused-ring (bicyclic) bond motifs is 1. The van der Waals surface area contributed by atoms with Crippen LogP contribution in [0.2, 0.25) is 5.02 Å². The molecule has 0 saturated heterocycles. The molecular weight excluding hydrogens is 426 g/mol. The quantitative estimate of drug-likeness (QED) is 0.574. The highest BCUT2D eigenvalue weighted by molar-refractivity contribution is 6.30. The van der Waals surface area contributed by atoms with Crippen molar-refractivity contribution in [3.63, 3.8) is 0 Å². The van der Waals surface area contributed by atoms with Crippen LogP contribution in [0.3, 0.4) is 0 Å². The Labute approximate surface area is 191 Å². The second kappa shape index (κ2) is 9.13. The molecule has 0 fully saturated rings. The third-order valence-corrected chi connectivity index (χ3v) is 5.49. The zero-order valence-electron chi connectivity index (χ0n) is 17.6. The van der Waals surface area contributed by atoms with Crippen molar-refractivity contribution >= 4 is 28.9 Å². The molecule has 6 nitrogen and oxygen atoms in total. The first-order valence-electron chi connectivity index (χ1n) is 9.90. The molecule has 0 saturated carbocycles. The fourth-order valence-corrected chi connectivity index (χ4v) is 3.79. The van der Waals surface area contributed by atoms with Gasteiger partial charge in [-0.2, -0.15) is 5.26 Å². The number of rotatable bonds is 5. The van der Waals surface area contributed by atoms with Crippen LogP contribution < -0.4 is 14.4 Å². The van der Waals surface area contributed by atoms with E-state index in [0.717, 1.165) is 16.7 Å². The minimum Gasteiger partial charge on any atom is -0.493 e. The van der Waals surface area contributed by atoms with Gasteiger partial charge in [0.1, 0.15) is 6.54 Å². The molecule has 0 aromatic heterocycles. The Morgan fingerprint density at radius 2 is 1.78 bits per heavy atom. The molecule has 1 aliphatic rings. The number of anilines is 1. The average Bonchev–Trinajstić information content (AvgIpc) is 2.95. The number of hydrogen-bond donors (Lipinski definition) is 0. The van der Waals surface area contributed by atoms with Gasteiger partial charge in [-0.05, 0) is 35.9 Å². The summed E-state index contributed by atoms with van der Waals surface area (Å²) in [4.78, 5) is 19.5. The van der Waals surface area contributed by atoms with Gasteiger partial charge in [-0.1, -0.05) is 35.9 Å². The van der Waals surface area contributed by atoms with Crippen LogP contribution in [0.4, 0.5) is 5.69 Å². The third kappa shape index (κ3) is 4.16. The van der Waals surface area contributed by atoms with E-state index in [1.807, 2.05) is 24.3 Å². The number of ether oxygens (including phenoxy) is 2. The van der Waals surface area contributed by atoms with Crippen LogP contribution in [-0.4, -0.2) is 32.4 Å². The lowest BCUT2D eigenvalue weighted by atomic mass is 9.98. The monoisotopic (exact) mass is 445 g/mol. The Balaban J connectivity index is 1.89. The number of nitrogens with zero attached hydrogens (tertiary/aromatic N) is 3. The predicted octanol–water partition coefficient (Wildman–Crippen LogP) is 4.61. The minimum atomic E-state index is -0.153. The number of carbonyl (C=O) groups excluding carboxylic acids is 1. The molecule has 0 N–H and O–H groups in total. The van der Waals surface area contributed by atoms with Crippen molar-refractivity contribution in [2.75, 3.05) is 25.7 Å². The number of amides is 1. The number of benzene rings is 3. The second-order valence-corrected chi connectivity index (χ2v) is 7.62. The van der Waals surface area contributed by atoms with E-state index in [0.29, 0.717) is 40.0 Å². The zero-order valence-corrected chi connectivity index (χ0v) is 18.4. The van der Waals surface area contributed by atoms with E-state index in [1.165, 1.54) is 0 Å². The Morgan fingerprint density at radius 1 is 1.06 bits per heavy atom. The molecule has 1 amide bonds. The molecule has 1 heterocycles. The Bertz CT molecular complexity index is 1250. The summed E-state index contributed by atoms with van der Waals surface area (Å²) in [6.45, 7) is 0.318. The summed E-state index contributed by atoms with van der Waals surface area (Å²) < 4.78 is 11.0. The predicted molar refractivity (Wildman–Crippen MR) is 124 cm³/mol. The highest BCUT2D eigenvalue weighted by Gasteiger charge is 2.28. The summed E-state index contributed by atoms with van der Waals surface area (Å²) in [5.41, 5.74) is 4.18. The van der Waals surface area contributed by atoms with Crippen LogP contribution >= 0.6 is 11.6 Å². The van der Waals surface area contributed by atoms with Gasteiger partial charge in [-0.3, -0.25) is 9.79 Å². The lowest BCUT2D eigenvalue weighted by Crippen LogP contribution is -2.32. The Hall–Kier alpha value is -3.82. The molecule has 3 aromatic rings. The molecule has 32 heavy (non-hydrogen) atoms. The lowest BCUT2D eigenvalue weighted by Gasteiger charge is -2.25. The Kier molecular flexibility index (Phi) is 6.11. The van der Waals surface area contributed by atoms with Crippen LogP contribution in [0.1, 0.15) is 22.3 Å². The third-order valence-electron chi connectivity index (χ3n) is 5.24. The Morgan fingerprint density at radius 3 is 2.47 bits per heavy atom.